The summed E-state index contributed by atoms with van der Waals surface area (Å²) in [6.45, 7) is 3.60. The minimum absolute atomic E-state index is 0.135. The molecule has 0 aliphatic carbocycles. The summed E-state index contributed by atoms with van der Waals surface area (Å²) in [6, 6.07) is 9.75. The fourth-order valence-electron chi connectivity index (χ4n) is 3.71. The van der Waals surface area contributed by atoms with Gasteiger partial charge in [-0.2, -0.15) is 5.10 Å². The van der Waals surface area contributed by atoms with Crippen molar-refractivity contribution in [1.29, 1.82) is 0 Å². The topological polar surface area (TPSA) is 100 Å². The molecule has 0 radical (unpaired) electrons. The summed E-state index contributed by atoms with van der Waals surface area (Å²) in [4.78, 5) is 29.7. The van der Waals surface area contributed by atoms with Crippen LogP contribution in [0.2, 0.25) is 0 Å². The number of halogens is 2. The second-order valence-electron chi connectivity index (χ2n) is 7.69. The summed E-state index contributed by atoms with van der Waals surface area (Å²) in [6.07, 6.45) is -1.07. The normalized spacial score (nSPS) is 13.9. The van der Waals surface area contributed by atoms with E-state index in [0.29, 0.717) is 5.65 Å². The molecule has 9 nitrogen and oxygen atoms in total. The van der Waals surface area contributed by atoms with Gasteiger partial charge in [-0.15, -0.1) is 8.78 Å². The second kappa shape index (κ2) is 7.40. The number of nitrogens with one attached hydrogen (secondary N) is 1. The number of hydrogen-bond acceptors (Lipinski definition) is 6. The molecule has 4 aromatic rings. The number of aromatic nitrogens is 4. The predicted molar refractivity (Wildman–Crippen MR) is 114 cm³/mol. The number of carbonyl (C=O) groups is 1. The lowest BCUT2D eigenvalue weighted by Gasteiger charge is -2.09. The molecule has 5 rings (SSSR count). The third-order valence-electron chi connectivity index (χ3n) is 5.00. The lowest BCUT2D eigenvalue weighted by Crippen LogP contribution is -2.27. The average Bonchev–Trinajstić information content (AvgIpc) is 3.28. The Morgan fingerprint density at radius 2 is 1.82 bits per heavy atom. The van der Waals surface area contributed by atoms with Gasteiger partial charge in [-0.1, -0.05) is 6.07 Å². The van der Waals surface area contributed by atoms with E-state index in [-0.39, 0.29) is 29.1 Å². The Morgan fingerprint density at radius 1 is 1.09 bits per heavy atom. The summed E-state index contributed by atoms with van der Waals surface area (Å²) < 4.78 is 37.7. The largest absolute Gasteiger partial charge is 0.586 e. The Kier molecular flexibility index (Phi) is 4.62. The molecule has 2 aromatic heterocycles. The number of fused-ring (bicyclic) bond motifs is 2. The van der Waals surface area contributed by atoms with E-state index in [0.717, 1.165) is 21.4 Å². The van der Waals surface area contributed by atoms with Crippen LogP contribution in [0, 0.1) is 13.8 Å². The van der Waals surface area contributed by atoms with Gasteiger partial charge in [0.05, 0.1) is 11.9 Å². The molecule has 0 atom stereocenters. The summed E-state index contributed by atoms with van der Waals surface area (Å²) in [5, 5.41) is 7.09. The summed E-state index contributed by atoms with van der Waals surface area (Å²) >= 11 is 0. The van der Waals surface area contributed by atoms with Crippen LogP contribution in [0.1, 0.15) is 11.1 Å². The third-order valence-corrected chi connectivity index (χ3v) is 5.00. The van der Waals surface area contributed by atoms with Gasteiger partial charge in [0.25, 0.3) is 5.56 Å². The first-order valence-corrected chi connectivity index (χ1v) is 9.90. The molecule has 1 amide bonds. The number of alkyl halides is 2. The highest BCUT2D eigenvalue weighted by molar-refractivity contribution is 5.91. The first kappa shape index (κ1) is 20.6. The average molecular weight is 453 g/mol. The highest BCUT2D eigenvalue weighted by Gasteiger charge is 2.43. The van der Waals surface area contributed by atoms with Gasteiger partial charge >= 0.3 is 6.29 Å². The third kappa shape index (κ3) is 3.88. The molecular weight excluding hydrogens is 436 g/mol. The molecule has 1 N–H and O–H groups in total. The highest BCUT2D eigenvalue weighted by Crippen LogP contribution is 2.42. The van der Waals surface area contributed by atoms with Gasteiger partial charge in [-0.05, 0) is 49.2 Å². The molecule has 2 aromatic carbocycles. The Balaban J connectivity index is 1.37. The number of amides is 1. The lowest BCUT2D eigenvalue weighted by molar-refractivity contribution is -0.286. The Morgan fingerprint density at radius 3 is 2.58 bits per heavy atom. The van der Waals surface area contributed by atoms with Crippen LogP contribution in [0.3, 0.4) is 0 Å². The van der Waals surface area contributed by atoms with Crippen molar-refractivity contribution in [2.75, 3.05) is 5.32 Å². The fraction of sp³-hybridized carbons (Fsp3) is 0.182. The monoisotopic (exact) mass is 453 g/mol. The zero-order valence-corrected chi connectivity index (χ0v) is 17.5. The van der Waals surface area contributed by atoms with Gasteiger partial charge in [-0.3, -0.25) is 14.2 Å². The van der Waals surface area contributed by atoms with Crippen molar-refractivity contribution in [3.8, 4) is 17.2 Å². The first-order chi connectivity index (χ1) is 15.7. The van der Waals surface area contributed by atoms with E-state index < -0.39 is 17.8 Å². The van der Waals surface area contributed by atoms with Crippen molar-refractivity contribution in [2.24, 2.45) is 0 Å². The van der Waals surface area contributed by atoms with Crippen molar-refractivity contribution >= 4 is 22.6 Å². The first-order valence-electron chi connectivity index (χ1n) is 9.90. The molecule has 33 heavy (non-hydrogen) atoms. The zero-order chi connectivity index (χ0) is 23.3. The molecular formula is C22H17F2N5O4. The van der Waals surface area contributed by atoms with Crippen LogP contribution in [0.4, 0.5) is 14.5 Å². The van der Waals surface area contributed by atoms with Crippen LogP contribution in [-0.2, 0) is 11.3 Å². The van der Waals surface area contributed by atoms with Crippen molar-refractivity contribution < 1.29 is 23.0 Å². The van der Waals surface area contributed by atoms with E-state index in [1.807, 2.05) is 32.0 Å². The number of aryl methyl sites for hydroxylation is 2. The molecule has 1 aliphatic heterocycles. The number of anilines is 1. The van der Waals surface area contributed by atoms with Crippen LogP contribution in [0.15, 0.2) is 53.7 Å². The molecule has 0 saturated heterocycles. The molecule has 0 fully saturated rings. The molecule has 11 heteroatoms. The van der Waals surface area contributed by atoms with Crippen LogP contribution < -0.4 is 20.3 Å². The van der Waals surface area contributed by atoms with Gasteiger partial charge in [-0.25, -0.2) is 9.67 Å². The van der Waals surface area contributed by atoms with E-state index in [2.05, 4.69) is 24.9 Å². The maximum absolute atomic E-state index is 13.2. The number of benzene rings is 2. The molecule has 168 valence electrons. The van der Waals surface area contributed by atoms with Crippen LogP contribution >= 0.6 is 0 Å². The maximum atomic E-state index is 13.2. The van der Waals surface area contributed by atoms with Crippen LogP contribution in [0.25, 0.3) is 16.7 Å². The number of carbonyl (C=O) groups excluding carboxylic acids is 1. The lowest BCUT2D eigenvalue weighted by atomic mass is 10.1. The summed E-state index contributed by atoms with van der Waals surface area (Å²) in [5.74, 6) is -0.882. The number of ether oxygens (including phenoxy) is 2. The van der Waals surface area contributed by atoms with E-state index >= 15 is 0 Å². The van der Waals surface area contributed by atoms with Gasteiger partial charge in [0.2, 0.25) is 5.91 Å². The Labute approximate surface area is 185 Å². The molecule has 0 bridgehead atoms. The smallest absolute Gasteiger partial charge is 0.395 e. The van der Waals surface area contributed by atoms with Crippen molar-refractivity contribution in [1.82, 2.24) is 19.3 Å². The van der Waals surface area contributed by atoms with E-state index in [4.69, 9.17) is 0 Å². The number of rotatable bonds is 4. The SMILES string of the molecule is Cc1cc(C)cc(-n2ncc3c(=O)n(CC(=O)Nc4ccc5c(c4)OC(F)(F)O5)cnc32)c1. The van der Waals surface area contributed by atoms with Crippen LogP contribution in [0.5, 0.6) is 11.5 Å². The number of hydrogen-bond donors (Lipinski definition) is 1. The highest BCUT2D eigenvalue weighted by atomic mass is 19.3. The molecule has 0 saturated carbocycles. The summed E-state index contributed by atoms with van der Waals surface area (Å²) in [7, 11) is 0. The minimum atomic E-state index is -3.75. The Bertz CT molecular complexity index is 1460. The van der Waals surface area contributed by atoms with Crippen molar-refractivity contribution in [3.63, 3.8) is 0 Å². The number of nitrogens with zero attached hydrogens (tertiary/aromatic N) is 4. The quantitative estimate of drug-likeness (QED) is 0.510. The second-order valence-corrected chi connectivity index (χ2v) is 7.69. The van der Waals surface area contributed by atoms with Gasteiger partial charge < -0.3 is 14.8 Å². The molecule has 0 spiro atoms. The van der Waals surface area contributed by atoms with Gasteiger partial charge in [0.1, 0.15) is 18.3 Å². The van der Waals surface area contributed by atoms with E-state index in [1.54, 1.807) is 4.68 Å². The minimum Gasteiger partial charge on any atom is -0.395 e. The summed E-state index contributed by atoms with van der Waals surface area (Å²) in [5.41, 5.74) is 3.02. The van der Waals surface area contributed by atoms with Crippen molar-refractivity contribution in [2.45, 2.75) is 26.7 Å². The van der Waals surface area contributed by atoms with E-state index in [9.17, 15) is 18.4 Å². The Hall–Kier alpha value is -4.28. The van der Waals surface area contributed by atoms with Gasteiger partial charge in [0.15, 0.2) is 17.1 Å². The van der Waals surface area contributed by atoms with Gasteiger partial charge in [0, 0.05) is 11.8 Å². The predicted octanol–water partition coefficient (Wildman–Crippen LogP) is 3.16. The standard InChI is InChI=1S/C22H17F2N5O4/c1-12-5-13(2)7-15(6-12)29-20-16(9-26-29)21(31)28(11-25-20)10-19(30)27-14-3-4-17-18(8-14)33-22(23,24)32-17/h3-9,11H,10H2,1-2H3,(H,27,30). The van der Waals surface area contributed by atoms with E-state index in [1.165, 1.54) is 30.7 Å². The van der Waals surface area contributed by atoms with Crippen molar-refractivity contribution in [3.05, 3.63) is 70.4 Å². The molecule has 0 unspecified atom stereocenters. The molecule has 1 aliphatic rings. The van der Waals surface area contributed by atoms with Crippen LogP contribution in [-0.4, -0.2) is 31.5 Å². The molecule has 3 heterocycles. The fourth-order valence-corrected chi connectivity index (χ4v) is 3.71. The zero-order valence-electron chi connectivity index (χ0n) is 17.5. The maximum Gasteiger partial charge on any atom is 0.586 e.